The van der Waals surface area contributed by atoms with Gasteiger partial charge in [0.05, 0.1) is 12.1 Å². The van der Waals surface area contributed by atoms with Gasteiger partial charge in [0.25, 0.3) is 0 Å². The molecule has 1 aliphatic heterocycles. The van der Waals surface area contributed by atoms with E-state index in [-0.39, 0.29) is 30.0 Å². The average molecular weight is 516 g/mol. The summed E-state index contributed by atoms with van der Waals surface area (Å²) in [6.07, 6.45) is 3.26. The molecule has 0 aromatic heterocycles. The van der Waals surface area contributed by atoms with Gasteiger partial charge in [0.1, 0.15) is 0 Å². The third kappa shape index (κ3) is 8.17. The van der Waals surface area contributed by atoms with Gasteiger partial charge in [-0.3, -0.25) is 4.99 Å². The van der Waals surface area contributed by atoms with Gasteiger partial charge >= 0.3 is 0 Å². The van der Waals surface area contributed by atoms with E-state index in [0.717, 1.165) is 57.2 Å². The number of halogens is 3. The quantitative estimate of drug-likeness (QED) is 0.244. The van der Waals surface area contributed by atoms with Crippen molar-refractivity contribution in [2.45, 2.75) is 38.3 Å². The highest BCUT2D eigenvalue weighted by atomic mass is 127. The Morgan fingerprint density at radius 2 is 2.08 bits per heavy atom. The molecule has 26 heavy (non-hydrogen) atoms. The largest absolute Gasteiger partial charge is 0.381 e. The standard InChI is InChI=1S/C18H27Cl2N3O2.HI/c1-13(16-5-4-14(19)12-17(16)20)23-18(21-2)22-8-3-9-25-15-6-10-24-11-7-15;/h4-5,12-13,15H,3,6-11H2,1-2H3,(H2,21,22,23);1H. The van der Waals surface area contributed by atoms with Crippen LogP contribution in [-0.2, 0) is 9.47 Å². The molecule has 0 amide bonds. The van der Waals surface area contributed by atoms with Crippen LogP contribution in [0.15, 0.2) is 23.2 Å². The number of benzene rings is 1. The van der Waals surface area contributed by atoms with Crippen molar-refractivity contribution in [2.24, 2.45) is 4.99 Å². The summed E-state index contributed by atoms with van der Waals surface area (Å²) in [4.78, 5) is 4.26. The highest BCUT2D eigenvalue weighted by molar-refractivity contribution is 14.0. The molecule has 8 heteroatoms. The number of aliphatic imine (C=N–C) groups is 1. The van der Waals surface area contributed by atoms with Gasteiger partial charge in [0.15, 0.2) is 5.96 Å². The number of ether oxygens (including phenoxy) is 2. The van der Waals surface area contributed by atoms with Crippen LogP contribution in [0.25, 0.3) is 0 Å². The minimum Gasteiger partial charge on any atom is -0.381 e. The fraction of sp³-hybridized carbons (Fsp3) is 0.611. The van der Waals surface area contributed by atoms with Crippen LogP contribution in [0.4, 0.5) is 0 Å². The molecule has 0 spiro atoms. The zero-order chi connectivity index (χ0) is 18.1. The maximum atomic E-state index is 6.26. The summed E-state index contributed by atoms with van der Waals surface area (Å²) in [5.41, 5.74) is 0.983. The van der Waals surface area contributed by atoms with Crippen LogP contribution < -0.4 is 10.6 Å². The molecule has 2 N–H and O–H groups in total. The maximum Gasteiger partial charge on any atom is 0.191 e. The first kappa shape index (κ1) is 23.8. The maximum absolute atomic E-state index is 6.26. The second kappa shape index (κ2) is 13.0. The van der Waals surface area contributed by atoms with Crippen molar-refractivity contribution in [3.8, 4) is 0 Å². The molecule has 1 aliphatic rings. The molecule has 0 radical (unpaired) electrons. The van der Waals surface area contributed by atoms with E-state index in [2.05, 4.69) is 15.6 Å². The Morgan fingerprint density at radius 1 is 1.35 bits per heavy atom. The number of nitrogens with zero attached hydrogens (tertiary/aromatic N) is 1. The van der Waals surface area contributed by atoms with Crippen molar-refractivity contribution in [1.29, 1.82) is 0 Å². The van der Waals surface area contributed by atoms with Crippen LogP contribution in [-0.4, -0.2) is 45.5 Å². The molecule has 1 aromatic rings. The lowest BCUT2D eigenvalue weighted by atomic mass is 10.1. The summed E-state index contributed by atoms with van der Waals surface area (Å²) in [6, 6.07) is 5.54. The van der Waals surface area contributed by atoms with E-state index in [4.69, 9.17) is 32.7 Å². The topological polar surface area (TPSA) is 54.9 Å². The Balaban J connectivity index is 0.00000338. The summed E-state index contributed by atoms with van der Waals surface area (Å²) in [5.74, 6) is 0.740. The molecule has 1 fully saturated rings. The fourth-order valence-electron chi connectivity index (χ4n) is 2.70. The fourth-order valence-corrected chi connectivity index (χ4v) is 3.27. The Bertz CT molecular complexity index is 569. The zero-order valence-corrected chi connectivity index (χ0v) is 19.1. The van der Waals surface area contributed by atoms with Gasteiger partial charge in [0, 0.05) is 43.5 Å². The van der Waals surface area contributed by atoms with Crippen LogP contribution in [0.5, 0.6) is 0 Å². The summed E-state index contributed by atoms with van der Waals surface area (Å²) >= 11 is 12.2. The van der Waals surface area contributed by atoms with Crippen LogP contribution in [0.3, 0.4) is 0 Å². The molecule has 148 valence electrons. The van der Waals surface area contributed by atoms with Gasteiger partial charge in [-0.05, 0) is 43.9 Å². The van der Waals surface area contributed by atoms with E-state index in [1.54, 1.807) is 13.1 Å². The van der Waals surface area contributed by atoms with Crippen molar-refractivity contribution < 1.29 is 9.47 Å². The molecule has 1 atom stereocenters. The second-order valence-corrected chi connectivity index (χ2v) is 6.91. The van der Waals surface area contributed by atoms with Crippen molar-refractivity contribution in [3.05, 3.63) is 33.8 Å². The van der Waals surface area contributed by atoms with Gasteiger partial charge in [-0.25, -0.2) is 0 Å². The molecule has 1 heterocycles. The van der Waals surface area contributed by atoms with Crippen LogP contribution in [0.1, 0.15) is 37.8 Å². The number of nitrogens with one attached hydrogen (secondary N) is 2. The number of hydrogen-bond acceptors (Lipinski definition) is 3. The van der Waals surface area contributed by atoms with E-state index in [0.29, 0.717) is 16.1 Å². The molecular weight excluding hydrogens is 488 g/mol. The smallest absolute Gasteiger partial charge is 0.191 e. The predicted octanol–water partition coefficient (Wildman–Crippen LogP) is 4.42. The molecule has 1 unspecified atom stereocenters. The molecule has 0 aliphatic carbocycles. The van der Waals surface area contributed by atoms with Gasteiger partial charge in [-0.1, -0.05) is 29.3 Å². The van der Waals surface area contributed by atoms with Crippen molar-refractivity contribution in [2.75, 3.05) is 33.4 Å². The Hall–Kier alpha value is -0.280. The first-order chi connectivity index (χ1) is 12.1. The molecule has 0 saturated carbocycles. The molecular formula is C18H28Cl2IN3O2. The Morgan fingerprint density at radius 3 is 2.73 bits per heavy atom. The molecule has 2 rings (SSSR count). The minimum atomic E-state index is 0. The SMILES string of the molecule is CN=C(NCCCOC1CCOCC1)NC(C)c1ccc(Cl)cc1Cl.I. The van der Waals surface area contributed by atoms with Gasteiger partial charge in [-0.15, -0.1) is 24.0 Å². The first-order valence-electron chi connectivity index (χ1n) is 8.71. The monoisotopic (exact) mass is 515 g/mol. The van der Waals surface area contributed by atoms with Crippen molar-refractivity contribution in [1.82, 2.24) is 10.6 Å². The first-order valence-corrected chi connectivity index (χ1v) is 9.47. The van der Waals surface area contributed by atoms with E-state index in [9.17, 15) is 0 Å². The summed E-state index contributed by atoms with van der Waals surface area (Å²) in [5, 5.41) is 7.92. The van der Waals surface area contributed by atoms with E-state index in [1.165, 1.54) is 0 Å². The average Bonchev–Trinajstić information content (AvgIpc) is 2.61. The molecule has 1 aromatic carbocycles. The van der Waals surface area contributed by atoms with Crippen LogP contribution >= 0.6 is 47.2 Å². The number of guanidine groups is 1. The lowest BCUT2D eigenvalue weighted by molar-refractivity contribution is -0.0320. The lowest BCUT2D eigenvalue weighted by Crippen LogP contribution is -2.39. The summed E-state index contributed by atoms with van der Waals surface area (Å²) < 4.78 is 11.2. The zero-order valence-electron chi connectivity index (χ0n) is 15.3. The van der Waals surface area contributed by atoms with Gasteiger partial charge in [-0.2, -0.15) is 0 Å². The molecule has 5 nitrogen and oxygen atoms in total. The van der Waals surface area contributed by atoms with E-state index >= 15 is 0 Å². The van der Waals surface area contributed by atoms with Crippen molar-refractivity contribution >= 4 is 53.1 Å². The number of hydrogen-bond donors (Lipinski definition) is 2. The normalized spacial score (nSPS) is 16.7. The third-order valence-corrected chi connectivity index (χ3v) is 4.70. The van der Waals surface area contributed by atoms with Crippen molar-refractivity contribution in [3.63, 3.8) is 0 Å². The number of rotatable bonds is 7. The molecule has 0 bridgehead atoms. The summed E-state index contributed by atoms with van der Waals surface area (Å²) in [6.45, 7) is 5.20. The highest BCUT2D eigenvalue weighted by Crippen LogP contribution is 2.25. The Kier molecular flexibility index (Phi) is 11.9. The van der Waals surface area contributed by atoms with E-state index in [1.807, 2.05) is 19.1 Å². The van der Waals surface area contributed by atoms with Gasteiger partial charge < -0.3 is 20.1 Å². The van der Waals surface area contributed by atoms with Crippen LogP contribution in [0, 0.1) is 0 Å². The second-order valence-electron chi connectivity index (χ2n) is 6.07. The molecule has 1 saturated heterocycles. The minimum absolute atomic E-state index is 0. The van der Waals surface area contributed by atoms with E-state index < -0.39 is 0 Å². The third-order valence-electron chi connectivity index (χ3n) is 4.14. The van der Waals surface area contributed by atoms with Gasteiger partial charge in [0.2, 0.25) is 0 Å². The Labute approximate surface area is 183 Å². The van der Waals surface area contributed by atoms with Crippen LogP contribution in [0.2, 0.25) is 10.0 Å². The lowest BCUT2D eigenvalue weighted by Gasteiger charge is -2.22. The predicted molar refractivity (Wildman–Crippen MR) is 119 cm³/mol. The highest BCUT2D eigenvalue weighted by Gasteiger charge is 2.14. The summed E-state index contributed by atoms with van der Waals surface area (Å²) in [7, 11) is 1.75.